The largest absolute Gasteiger partial charge is 0.436 e. The van der Waals surface area contributed by atoms with Gasteiger partial charge in [-0.05, 0) is 71.1 Å². The van der Waals surface area contributed by atoms with Crippen LogP contribution in [-0.4, -0.2) is 10.9 Å². The summed E-state index contributed by atoms with van der Waals surface area (Å²) in [5, 5.41) is 2.92. The Morgan fingerprint density at radius 3 is 2.43 bits per heavy atom. The van der Waals surface area contributed by atoms with Crippen LogP contribution in [0.25, 0.3) is 22.8 Å². The quantitative estimate of drug-likeness (QED) is 0.293. The molecule has 28 heavy (non-hydrogen) atoms. The molecule has 0 atom stereocenters. The minimum atomic E-state index is -0.208. The molecule has 1 amide bonds. The lowest BCUT2D eigenvalue weighted by atomic mass is 10.1. The third kappa shape index (κ3) is 4.18. The molecular formula is C22H14BrIN2O2. The molecule has 1 N–H and O–H groups in total. The highest BCUT2D eigenvalue weighted by Gasteiger charge is 2.17. The predicted octanol–water partition coefficient (Wildman–Crippen LogP) is 6.63. The zero-order valence-electron chi connectivity index (χ0n) is 14.5. The number of hydrogen-bond donors (Lipinski definition) is 1. The van der Waals surface area contributed by atoms with Gasteiger partial charge in [0, 0.05) is 24.9 Å². The normalized spacial score (nSPS) is 10.6. The first-order valence-corrected chi connectivity index (χ1v) is 10.4. The highest BCUT2D eigenvalue weighted by molar-refractivity contribution is 14.1. The van der Waals surface area contributed by atoms with E-state index in [1.54, 1.807) is 12.3 Å². The summed E-state index contributed by atoms with van der Waals surface area (Å²) in [6, 6.07) is 22.7. The van der Waals surface area contributed by atoms with E-state index in [0.29, 0.717) is 22.8 Å². The molecule has 0 unspecified atom stereocenters. The van der Waals surface area contributed by atoms with Gasteiger partial charge >= 0.3 is 0 Å². The SMILES string of the molecule is O=C(Nc1ccc(I)cc1)c1ccccc1-c1ncc(-c2ccc(Br)cc2)o1. The summed E-state index contributed by atoms with van der Waals surface area (Å²) in [5.41, 5.74) is 2.81. The van der Waals surface area contributed by atoms with Gasteiger partial charge in [-0.2, -0.15) is 0 Å². The first-order valence-electron chi connectivity index (χ1n) is 8.48. The minimum absolute atomic E-state index is 0.208. The topological polar surface area (TPSA) is 55.1 Å². The Kier molecular flexibility index (Phi) is 5.59. The van der Waals surface area contributed by atoms with Crippen molar-refractivity contribution in [3.63, 3.8) is 0 Å². The molecule has 0 spiro atoms. The highest BCUT2D eigenvalue weighted by atomic mass is 127. The number of carbonyl (C=O) groups is 1. The lowest BCUT2D eigenvalue weighted by Gasteiger charge is -2.08. The summed E-state index contributed by atoms with van der Waals surface area (Å²) < 4.78 is 8.05. The molecule has 4 rings (SSSR count). The highest BCUT2D eigenvalue weighted by Crippen LogP contribution is 2.29. The summed E-state index contributed by atoms with van der Waals surface area (Å²) >= 11 is 5.65. The summed E-state index contributed by atoms with van der Waals surface area (Å²) in [6.07, 6.45) is 1.67. The molecule has 1 heterocycles. The second kappa shape index (κ2) is 8.28. The molecule has 0 radical (unpaired) electrons. The third-order valence-corrected chi connectivity index (χ3v) is 5.39. The van der Waals surface area contributed by atoms with Crippen molar-refractivity contribution in [3.8, 4) is 22.8 Å². The lowest BCUT2D eigenvalue weighted by molar-refractivity contribution is 0.102. The van der Waals surface area contributed by atoms with Crippen molar-refractivity contribution in [1.29, 1.82) is 0 Å². The van der Waals surface area contributed by atoms with Gasteiger partial charge in [0.15, 0.2) is 5.76 Å². The molecule has 0 saturated carbocycles. The summed E-state index contributed by atoms with van der Waals surface area (Å²) in [5.74, 6) is 0.849. The van der Waals surface area contributed by atoms with Gasteiger partial charge in [0.05, 0.1) is 11.8 Å². The lowest BCUT2D eigenvalue weighted by Crippen LogP contribution is -2.13. The first-order chi connectivity index (χ1) is 13.6. The van der Waals surface area contributed by atoms with E-state index < -0.39 is 0 Å². The first kappa shape index (κ1) is 18.9. The molecule has 138 valence electrons. The Hall–Kier alpha value is -2.45. The number of aromatic nitrogens is 1. The van der Waals surface area contributed by atoms with Gasteiger partial charge in [-0.3, -0.25) is 4.79 Å². The summed E-state index contributed by atoms with van der Waals surface area (Å²) in [7, 11) is 0. The number of amides is 1. The zero-order valence-corrected chi connectivity index (χ0v) is 18.3. The average molecular weight is 545 g/mol. The van der Waals surface area contributed by atoms with Crippen molar-refractivity contribution in [2.75, 3.05) is 5.32 Å². The number of hydrogen-bond acceptors (Lipinski definition) is 3. The number of anilines is 1. The molecule has 0 bridgehead atoms. The standard InChI is InChI=1S/C22H14BrIN2O2/c23-15-7-5-14(6-8-15)20-13-25-22(28-20)19-4-2-1-3-18(19)21(27)26-17-11-9-16(24)10-12-17/h1-13H,(H,26,27). The molecular weight excluding hydrogens is 531 g/mol. The van der Waals surface area contributed by atoms with E-state index in [2.05, 4.69) is 48.8 Å². The van der Waals surface area contributed by atoms with E-state index in [-0.39, 0.29) is 5.91 Å². The van der Waals surface area contributed by atoms with E-state index in [1.807, 2.05) is 66.7 Å². The number of rotatable bonds is 4. The average Bonchev–Trinajstić information content (AvgIpc) is 3.20. The van der Waals surface area contributed by atoms with Crippen molar-refractivity contribution in [2.24, 2.45) is 0 Å². The van der Waals surface area contributed by atoms with E-state index in [1.165, 1.54) is 0 Å². The second-order valence-corrected chi connectivity index (χ2v) is 8.20. The van der Waals surface area contributed by atoms with Crippen molar-refractivity contribution >= 4 is 50.1 Å². The van der Waals surface area contributed by atoms with E-state index in [9.17, 15) is 4.79 Å². The van der Waals surface area contributed by atoms with Crippen molar-refractivity contribution in [3.05, 3.63) is 92.6 Å². The molecule has 4 aromatic rings. The van der Waals surface area contributed by atoms with Gasteiger partial charge in [-0.25, -0.2) is 4.98 Å². The monoisotopic (exact) mass is 544 g/mol. The smallest absolute Gasteiger partial charge is 0.256 e. The van der Waals surface area contributed by atoms with Crippen molar-refractivity contribution < 1.29 is 9.21 Å². The van der Waals surface area contributed by atoms with Crippen LogP contribution in [0.4, 0.5) is 5.69 Å². The fraction of sp³-hybridized carbons (Fsp3) is 0. The fourth-order valence-corrected chi connectivity index (χ4v) is 3.37. The number of benzene rings is 3. The maximum atomic E-state index is 12.8. The van der Waals surface area contributed by atoms with Crippen LogP contribution >= 0.6 is 38.5 Å². The van der Waals surface area contributed by atoms with Gasteiger partial charge in [0.1, 0.15) is 0 Å². The van der Waals surface area contributed by atoms with Gasteiger partial charge in [0.25, 0.3) is 5.91 Å². The number of halogens is 2. The molecule has 1 aromatic heterocycles. The Morgan fingerprint density at radius 1 is 0.964 bits per heavy atom. The van der Waals surface area contributed by atoms with E-state index >= 15 is 0 Å². The Morgan fingerprint density at radius 2 is 1.68 bits per heavy atom. The maximum absolute atomic E-state index is 12.8. The molecule has 0 aliphatic carbocycles. The molecule has 0 saturated heterocycles. The summed E-state index contributed by atoms with van der Waals surface area (Å²) in [6.45, 7) is 0. The zero-order chi connectivity index (χ0) is 19.5. The van der Waals surface area contributed by atoms with Crippen LogP contribution in [0, 0.1) is 3.57 Å². The Labute approximate surface area is 184 Å². The molecule has 4 nitrogen and oxygen atoms in total. The molecule has 0 fully saturated rings. The van der Waals surface area contributed by atoms with Gasteiger partial charge in [-0.15, -0.1) is 0 Å². The van der Waals surface area contributed by atoms with Gasteiger partial charge in [0.2, 0.25) is 5.89 Å². The number of oxazole rings is 1. The number of nitrogens with one attached hydrogen (secondary N) is 1. The van der Waals surface area contributed by atoms with Crippen molar-refractivity contribution in [1.82, 2.24) is 4.98 Å². The number of nitrogens with zero attached hydrogens (tertiary/aromatic N) is 1. The van der Waals surface area contributed by atoms with Crippen molar-refractivity contribution in [2.45, 2.75) is 0 Å². The van der Waals surface area contributed by atoms with Crippen LogP contribution in [0.1, 0.15) is 10.4 Å². The molecule has 0 aliphatic rings. The van der Waals surface area contributed by atoms with Gasteiger partial charge < -0.3 is 9.73 Å². The van der Waals surface area contributed by atoms with Crippen LogP contribution in [-0.2, 0) is 0 Å². The molecule has 0 aliphatic heterocycles. The molecule has 3 aromatic carbocycles. The maximum Gasteiger partial charge on any atom is 0.256 e. The predicted molar refractivity (Wildman–Crippen MR) is 122 cm³/mol. The minimum Gasteiger partial charge on any atom is -0.436 e. The fourth-order valence-electron chi connectivity index (χ4n) is 2.75. The Bertz CT molecular complexity index is 1120. The third-order valence-electron chi connectivity index (χ3n) is 4.14. The van der Waals surface area contributed by atoms with E-state index in [4.69, 9.17) is 4.42 Å². The van der Waals surface area contributed by atoms with Crippen LogP contribution in [0.15, 0.2) is 87.9 Å². The Balaban J connectivity index is 1.63. The molecule has 6 heteroatoms. The van der Waals surface area contributed by atoms with Crippen LogP contribution in [0.5, 0.6) is 0 Å². The van der Waals surface area contributed by atoms with Gasteiger partial charge in [-0.1, -0.05) is 40.2 Å². The second-order valence-electron chi connectivity index (χ2n) is 6.04. The van der Waals surface area contributed by atoms with E-state index in [0.717, 1.165) is 19.3 Å². The number of carbonyl (C=O) groups excluding carboxylic acids is 1. The van der Waals surface area contributed by atoms with Crippen LogP contribution < -0.4 is 5.32 Å². The summed E-state index contributed by atoms with van der Waals surface area (Å²) in [4.78, 5) is 17.2. The van der Waals surface area contributed by atoms with Crippen LogP contribution in [0.3, 0.4) is 0 Å². The van der Waals surface area contributed by atoms with Crippen LogP contribution in [0.2, 0.25) is 0 Å².